The van der Waals surface area contributed by atoms with Crippen molar-refractivity contribution in [1.82, 2.24) is 4.98 Å². The van der Waals surface area contributed by atoms with Crippen molar-refractivity contribution in [3.63, 3.8) is 0 Å². The van der Waals surface area contributed by atoms with E-state index in [1.54, 1.807) is 6.20 Å². The van der Waals surface area contributed by atoms with Gasteiger partial charge in [-0.2, -0.15) is 17.9 Å². The lowest BCUT2D eigenvalue weighted by molar-refractivity contribution is 1.01. The summed E-state index contributed by atoms with van der Waals surface area (Å²) in [5.41, 5.74) is 0. The maximum atomic E-state index is 8.38. The van der Waals surface area contributed by atoms with Crippen LogP contribution in [-0.2, 0) is 0 Å². The molecule has 0 aliphatic rings. The molecule has 0 saturated heterocycles. The summed E-state index contributed by atoms with van der Waals surface area (Å²) in [5.74, 6) is 0. The highest BCUT2D eigenvalue weighted by molar-refractivity contribution is 9.11. The molecule has 0 radical (unpaired) electrons. The van der Waals surface area contributed by atoms with Gasteiger partial charge in [-0.25, -0.2) is 4.98 Å². The number of rotatable bonds is 2. The first-order valence-corrected chi connectivity index (χ1v) is 5.03. The molecular weight excluding hydrogens is 244 g/mol. The number of nitrogens with zero attached hydrogens (tertiary/aromatic N) is 2. The third kappa shape index (κ3) is 2.47. The zero-order valence-electron chi connectivity index (χ0n) is 5.49. The van der Waals surface area contributed by atoms with Gasteiger partial charge in [-0.15, -0.1) is 11.3 Å². The molecule has 0 bridgehead atoms. The Labute approximate surface area is 82.8 Å². The fourth-order valence-corrected chi connectivity index (χ4v) is 2.20. The predicted octanol–water partition coefficient (Wildman–Crippen LogP) is 2.79. The Morgan fingerprint density at radius 1 is 1.91 bits per heavy atom. The standard InChI is InChI=1S/C6H5BrN2S2/c7-6-9-3-5(11-6)4(10)1-2-8/h3-4,10H,1H2. The van der Waals surface area contributed by atoms with Crippen LogP contribution in [0.25, 0.3) is 0 Å². The molecule has 0 N–H and O–H groups in total. The summed E-state index contributed by atoms with van der Waals surface area (Å²) in [4.78, 5) is 5.03. The van der Waals surface area contributed by atoms with Crippen LogP contribution in [0.5, 0.6) is 0 Å². The van der Waals surface area contributed by atoms with Crippen LogP contribution in [-0.4, -0.2) is 4.98 Å². The molecule has 0 aliphatic heterocycles. The molecule has 0 saturated carbocycles. The Hall–Kier alpha value is -0.0500. The minimum Gasteiger partial charge on any atom is -0.237 e. The van der Waals surface area contributed by atoms with Gasteiger partial charge in [0.05, 0.1) is 17.7 Å². The number of thiol groups is 1. The summed E-state index contributed by atoms with van der Waals surface area (Å²) in [6, 6.07) is 2.06. The molecule has 0 fully saturated rings. The summed E-state index contributed by atoms with van der Waals surface area (Å²) in [5, 5.41) is 8.38. The van der Waals surface area contributed by atoms with Crippen LogP contribution < -0.4 is 0 Å². The van der Waals surface area contributed by atoms with Crippen LogP contribution in [0.1, 0.15) is 16.5 Å². The van der Waals surface area contributed by atoms with E-state index in [4.69, 9.17) is 5.26 Å². The van der Waals surface area contributed by atoms with E-state index < -0.39 is 0 Å². The molecule has 1 heterocycles. The van der Waals surface area contributed by atoms with Crippen LogP contribution in [0, 0.1) is 11.3 Å². The van der Waals surface area contributed by atoms with Crippen molar-refractivity contribution in [1.29, 1.82) is 5.26 Å². The van der Waals surface area contributed by atoms with E-state index in [1.165, 1.54) is 11.3 Å². The Morgan fingerprint density at radius 2 is 2.64 bits per heavy atom. The van der Waals surface area contributed by atoms with E-state index in [0.717, 1.165) is 8.79 Å². The molecule has 5 heteroatoms. The summed E-state index contributed by atoms with van der Waals surface area (Å²) >= 11 is 9.00. The maximum Gasteiger partial charge on any atom is 0.159 e. The summed E-state index contributed by atoms with van der Waals surface area (Å²) in [6.45, 7) is 0. The van der Waals surface area contributed by atoms with Gasteiger partial charge in [0, 0.05) is 11.1 Å². The van der Waals surface area contributed by atoms with E-state index in [9.17, 15) is 0 Å². The number of hydrogen-bond acceptors (Lipinski definition) is 4. The lowest BCUT2D eigenvalue weighted by Gasteiger charge is -1.98. The molecule has 1 unspecified atom stereocenters. The Kier molecular flexibility index (Phi) is 3.37. The lowest BCUT2D eigenvalue weighted by Crippen LogP contribution is -1.82. The highest BCUT2D eigenvalue weighted by Gasteiger charge is 2.08. The van der Waals surface area contributed by atoms with E-state index in [-0.39, 0.29) is 5.25 Å². The number of hydrogen-bond donors (Lipinski definition) is 1. The fraction of sp³-hybridized carbons (Fsp3) is 0.333. The number of halogens is 1. The fourth-order valence-electron chi connectivity index (χ4n) is 0.605. The first kappa shape index (κ1) is 9.04. The number of nitriles is 1. The highest BCUT2D eigenvalue weighted by atomic mass is 79.9. The van der Waals surface area contributed by atoms with E-state index in [2.05, 4.69) is 39.6 Å². The van der Waals surface area contributed by atoms with Crippen LogP contribution in [0.4, 0.5) is 0 Å². The van der Waals surface area contributed by atoms with Gasteiger partial charge in [-0.05, 0) is 15.9 Å². The Morgan fingerprint density at radius 3 is 3.09 bits per heavy atom. The summed E-state index contributed by atoms with van der Waals surface area (Å²) < 4.78 is 0.837. The SMILES string of the molecule is N#CCC(S)c1cnc(Br)s1. The van der Waals surface area contributed by atoms with Gasteiger partial charge in [0.2, 0.25) is 0 Å². The molecule has 1 aromatic rings. The van der Waals surface area contributed by atoms with Crippen molar-refractivity contribution >= 4 is 39.9 Å². The molecule has 2 nitrogen and oxygen atoms in total. The smallest absolute Gasteiger partial charge is 0.159 e. The minimum absolute atomic E-state index is 0.00352. The Balaban J connectivity index is 2.70. The van der Waals surface area contributed by atoms with E-state index >= 15 is 0 Å². The predicted molar refractivity (Wildman–Crippen MR) is 51.8 cm³/mol. The normalized spacial score (nSPS) is 12.5. The monoisotopic (exact) mass is 248 g/mol. The average molecular weight is 249 g/mol. The topological polar surface area (TPSA) is 36.7 Å². The Bertz CT molecular complexity index is 278. The third-order valence-electron chi connectivity index (χ3n) is 1.11. The molecule has 1 aromatic heterocycles. The second-order valence-electron chi connectivity index (χ2n) is 1.89. The van der Waals surface area contributed by atoms with E-state index in [1.807, 2.05) is 0 Å². The second kappa shape index (κ2) is 4.10. The zero-order chi connectivity index (χ0) is 8.27. The third-order valence-corrected chi connectivity index (χ3v) is 3.33. The highest BCUT2D eigenvalue weighted by Crippen LogP contribution is 2.30. The summed E-state index contributed by atoms with van der Waals surface area (Å²) in [6.07, 6.45) is 2.17. The van der Waals surface area contributed by atoms with Crippen LogP contribution in [0.3, 0.4) is 0 Å². The number of aromatic nitrogens is 1. The quantitative estimate of drug-likeness (QED) is 0.818. The van der Waals surface area contributed by atoms with Crippen LogP contribution in [0.2, 0.25) is 0 Å². The molecule has 1 rings (SSSR count). The lowest BCUT2D eigenvalue weighted by atomic mass is 10.3. The molecule has 1 atom stereocenters. The van der Waals surface area contributed by atoms with Crippen molar-refractivity contribution < 1.29 is 0 Å². The van der Waals surface area contributed by atoms with Gasteiger partial charge in [0.25, 0.3) is 0 Å². The van der Waals surface area contributed by atoms with Crippen molar-refractivity contribution in [2.45, 2.75) is 11.7 Å². The molecular formula is C6H5BrN2S2. The van der Waals surface area contributed by atoms with Crippen molar-refractivity contribution in [2.24, 2.45) is 0 Å². The van der Waals surface area contributed by atoms with Gasteiger partial charge in [-0.3, -0.25) is 0 Å². The van der Waals surface area contributed by atoms with Gasteiger partial charge >= 0.3 is 0 Å². The van der Waals surface area contributed by atoms with Gasteiger partial charge in [0.15, 0.2) is 3.92 Å². The first-order valence-electron chi connectivity index (χ1n) is 2.90. The van der Waals surface area contributed by atoms with Crippen molar-refractivity contribution in [3.05, 3.63) is 15.0 Å². The van der Waals surface area contributed by atoms with Crippen molar-refractivity contribution in [2.75, 3.05) is 0 Å². The first-order chi connectivity index (χ1) is 5.24. The largest absolute Gasteiger partial charge is 0.237 e. The summed E-state index contributed by atoms with van der Waals surface area (Å²) in [7, 11) is 0. The molecule has 0 aliphatic carbocycles. The average Bonchev–Trinajstić information content (AvgIpc) is 2.36. The molecule has 58 valence electrons. The maximum absolute atomic E-state index is 8.38. The number of thiazole rings is 1. The van der Waals surface area contributed by atoms with Crippen LogP contribution >= 0.6 is 39.9 Å². The van der Waals surface area contributed by atoms with Gasteiger partial charge < -0.3 is 0 Å². The minimum atomic E-state index is 0.00352. The van der Waals surface area contributed by atoms with Gasteiger partial charge in [0.1, 0.15) is 0 Å². The second-order valence-corrected chi connectivity index (χ2v) is 4.86. The molecule has 0 spiro atoms. The van der Waals surface area contributed by atoms with Gasteiger partial charge in [-0.1, -0.05) is 0 Å². The zero-order valence-corrected chi connectivity index (χ0v) is 8.79. The molecule has 0 aromatic carbocycles. The van der Waals surface area contributed by atoms with Crippen molar-refractivity contribution in [3.8, 4) is 6.07 Å². The molecule has 0 amide bonds. The van der Waals surface area contributed by atoms with E-state index in [0.29, 0.717) is 6.42 Å². The van der Waals surface area contributed by atoms with Crippen LogP contribution in [0.15, 0.2) is 10.1 Å². The molecule has 11 heavy (non-hydrogen) atoms.